The molecule has 6 nitrogen and oxygen atoms in total. The van der Waals surface area contributed by atoms with Crippen LogP contribution >= 0.6 is 23.5 Å². The first-order valence-corrected chi connectivity index (χ1v) is 9.50. The Balaban J connectivity index is 1.64. The van der Waals surface area contributed by atoms with Gasteiger partial charge in [0.05, 0.1) is 21.2 Å². The Labute approximate surface area is 175 Å². The number of nitrogens with one attached hydrogen (secondary N) is 3. The highest BCUT2D eigenvalue weighted by Gasteiger charge is 2.32. The van der Waals surface area contributed by atoms with Crippen LogP contribution < -0.4 is 15.4 Å². The minimum atomic E-state index is -4.70. The summed E-state index contributed by atoms with van der Waals surface area (Å²) in [5.74, 6) is -2.90. The number of carbonyl (C=O) groups excluding carboxylic acids is 2. The number of nitrogens with zero attached hydrogens (tertiary/aromatic N) is 1. The number of amides is 3. The molecule has 160 valence electrons. The van der Waals surface area contributed by atoms with Crippen molar-refractivity contribution in [2.24, 2.45) is 0 Å². The number of carbonyl (C=O) groups is 2. The lowest BCUT2D eigenvalue weighted by molar-refractivity contribution is -0.137. The molecule has 1 aromatic carbocycles. The van der Waals surface area contributed by atoms with Crippen molar-refractivity contribution in [2.45, 2.75) is 30.0 Å². The Morgan fingerprint density at radius 2 is 1.87 bits per heavy atom. The third kappa shape index (κ3) is 5.51. The smallest absolute Gasteiger partial charge is 0.381 e. The van der Waals surface area contributed by atoms with E-state index in [1.165, 1.54) is 0 Å². The number of halogens is 6. The Morgan fingerprint density at radius 1 is 1.17 bits per heavy atom. The molecule has 3 amide bonds. The number of alkyl halides is 3. The number of hydrogen-bond donors (Lipinski definition) is 3. The summed E-state index contributed by atoms with van der Waals surface area (Å²) in [5, 5.41) is 4.13. The number of rotatable bonds is 5. The van der Waals surface area contributed by atoms with E-state index in [4.69, 9.17) is 11.6 Å². The van der Waals surface area contributed by atoms with Gasteiger partial charge in [0.25, 0.3) is 5.91 Å². The van der Waals surface area contributed by atoms with Crippen LogP contribution in [0, 0.1) is 11.6 Å². The number of anilines is 1. The maximum absolute atomic E-state index is 14.1. The molecule has 1 aliphatic carbocycles. The van der Waals surface area contributed by atoms with E-state index in [2.05, 4.69) is 15.0 Å². The van der Waals surface area contributed by atoms with E-state index in [0.717, 1.165) is 18.9 Å². The fourth-order valence-electron chi connectivity index (χ4n) is 2.26. The third-order valence-corrected chi connectivity index (χ3v) is 5.00. The van der Waals surface area contributed by atoms with Crippen LogP contribution in [0.3, 0.4) is 0 Å². The topological polar surface area (TPSA) is 83.1 Å². The number of benzene rings is 1. The van der Waals surface area contributed by atoms with E-state index < -0.39 is 46.0 Å². The zero-order valence-electron chi connectivity index (χ0n) is 14.7. The monoisotopic (exact) mass is 466 g/mol. The second-order valence-electron chi connectivity index (χ2n) is 6.22. The lowest BCUT2D eigenvalue weighted by atomic mass is 10.2. The summed E-state index contributed by atoms with van der Waals surface area (Å²) in [6.07, 6.45) is -2.63. The Hall–Kier alpha value is -2.60. The van der Waals surface area contributed by atoms with Crippen LogP contribution in [0.25, 0.3) is 0 Å². The second kappa shape index (κ2) is 8.64. The van der Waals surface area contributed by atoms with Crippen LogP contribution in [0.2, 0.25) is 5.02 Å². The van der Waals surface area contributed by atoms with Crippen molar-refractivity contribution in [3.8, 4) is 0 Å². The highest BCUT2D eigenvalue weighted by molar-refractivity contribution is 7.98. The van der Waals surface area contributed by atoms with E-state index in [0.29, 0.717) is 30.3 Å². The molecule has 2 aromatic rings. The molecule has 30 heavy (non-hydrogen) atoms. The van der Waals surface area contributed by atoms with Gasteiger partial charge in [0.1, 0.15) is 17.3 Å². The average molecular weight is 467 g/mol. The first-order valence-electron chi connectivity index (χ1n) is 8.31. The standard InChI is InChI=1S/C17H12ClF5N4O2S/c18-10-3-7(17(21,22)23)6-24-13(10)15(28)26-16(29)27-30-14-11(20)4-8(19)5-12(14)25-9-1-2-9/h3-6,9,25H,1-2H2,(H2,26,27,28,29). The number of aromatic nitrogens is 1. The summed E-state index contributed by atoms with van der Waals surface area (Å²) >= 11 is 6.13. The molecule has 1 saturated carbocycles. The van der Waals surface area contributed by atoms with Gasteiger partial charge in [0.2, 0.25) is 0 Å². The van der Waals surface area contributed by atoms with Crippen LogP contribution in [-0.4, -0.2) is 23.0 Å². The van der Waals surface area contributed by atoms with E-state index in [1.54, 1.807) is 0 Å². The summed E-state index contributed by atoms with van der Waals surface area (Å²) in [7, 11) is 0. The second-order valence-corrected chi connectivity index (χ2v) is 7.45. The number of hydrogen-bond acceptors (Lipinski definition) is 5. The molecule has 1 aromatic heterocycles. The van der Waals surface area contributed by atoms with Crippen molar-refractivity contribution < 1.29 is 31.5 Å². The average Bonchev–Trinajstić information content (AvgIpc) is 3.43. The van der Waals surface area contributed by atoms with Gasteiger partial charge in [0, 0.05) is 18.3 Å². The van der Waals surface area contributed by atoms with E-state index >= 15 is 0 Å². The maximum Gasteiger partial charge on any atom is 0.417 e. The molecule has 13 heteroatoms. The van der Waals surface area contributed by atoms with Gasteiger partial charge in [-0.3, -0.25) is 14.8 Å². The van der Waals surface area contributed by atoms with Gasteiger partial charge in [-0.05, 0) is 36.9 Å². The molecule has 1 aliphatic rings. The van der Waals surface area contributed by atoms with Crippen molar-refractivity contribution in [3.63, 3.8) is 0 Å². The minimum Gasteiger partial charge on any atom is -0.381 e. The van der Waals surface area contributed by atoms with Crippen LogP contribution in [0.4, 0.5) is 32.4 Å². The molecule has 1 fully saturated rings. The summed E-state index contributed by atoms with van der Waals surface area (Å²) in [6.45, 7) is 0. The van der Waals surface area contributed by atoms with E-state index in [9.17, 15) is 31.5 Å². The zero-order chi connectivity index (χ0) is 22.1. The SMILES string of the molecule is O=C(NSc1c(F)cc(F)cc1NC1CC1)NC(=O)c1ncc(C(F)(F)F)cc1Cl. The molecule has 0 bridgehead atoms. The Kier molecular flexibility index (Phi) is 6.36. The molecular formula is C17H12ClF5N4O2S. The van der Waals surface area contributed by atoms with Crippen molar-refractivity contribution in [3.05, 3.63) is 52.3 Å². The van der Waals surface area contributed by atoms with Crippen LogP contribution in [0.5, 0.6) is 0 Å². The Bertz CT molecular complexity index is 1000. The van der Waals surface area contributed by atoms with E-state index in [-0.39, 0.29) is 16.6 Å². The van der Waals surface area contributed by atoms with Gasteiger partial charge in [-0.2, -0.15) is 13.2 Å². The molecule has 3 rings (SSSR count). The van der Waals surface area contributed by atoms with Crippen molar-refractivity contribution in [1.82, 2.24) is 15.0 Å². The summed E-state index contributed by atoms with van der Waals surface area (Å²) in [4.78, 5) is 27.2. The lowest BCUT2D eigenvalue weighted by Crippen LogP contribution is -2.37. The third-order valence-electron chi connectivity index (χ3n) is 3.80. The fourth-order valence-corrected chi connectivity index (χ4v) is 3.15. The van der Waals surface area contributed by atoms with Crippen LogP contribution in [-0.2, 0) is 6.18 Å². The fraction of sp³-hybridized carbons (Fsp3) is 0.235. The molecule has 0 atom stereocenters. The van der Waals surface area contributed by atoms with Gasteiger partial charge < -0.3 is 5.32 Å². The summed E-state index contributed by atoms with van der Waals surface area (Å²) < 4.78 is 67.5. The molecule has 0 unspecified atom stereocenters. The molecule has 0 spiro atoms. The largest absolute Gasteiger partial charge is 0.417 e. The first kappa shape index (κ1) is 22.1. The zero-order valence-corrected chi connectivity index (χ0v) is 16.3. The first-order chi connectivity index (χ1) is 14.0. The molecular weight excluding hydrogens is 455 g/mol. The predicted molar refractivity (Wildman–Crippen MR) is 99.1 cm³/mol. The van der Waals surface area contributed by atoms with E-state index in [1.807, 2.05) is 5.32 Å². The van der Waals surface area contributed by atoms with Crippen molar-refractivity contribution in [1.29, 1.82) is 0 Å². The van der Waals surface area contributed by atoms with Crippen LogP contribution in [0.15, 0.2) is 29.3 Å². The van der Waals surface area contributed by atoms with Crippen molar-refractivity contribution in [2.75, 3.05) is 5.32 Å². The summed E-state index contributed by atoms with van der Waals surface area (Å²) in [5.41, 5.74) is -1.63. The van der Waals surface area contributed by atoms with Gasteiger partial charge in [-0.1, -0.05) is 11.6 Å². The number of pyridine rings is 1. The predicted octanol–water partition coefficient (Wildman–Crippen LogP) is 4.75. The lowest BCUT2D eigenvalue weighted by Gasteiger charge is -2.13. The van der Waals surface area contributed by atoms with Gasteiger partial charge in [-0.15, -0.1) is 0 Å². The van der Waals surface area contributed by atoms with Gasteiger partial charge in [0.15, 0.2) is 0 Å². The van der Waals surface area contributed by atoms with Crippen molar-refractivity contribution >= 4 is 41.2 Å². The molecule has 3 N–H and O–H groups in total. The summed E-state index contributed by atoms with van der Waals surface area (Å²) in [6, 6.07) is 1.18. The minimum absolute atomic E-state index is 0.0776. The van der Waals surface area contributed by atoms with Crippen LogP contribution in [0.1, 0.15) is 28.9 Å². The highest BCUT2D eigenvalue weighted by Crippen LogP contribution is 2.34. The number of imide groups is 1. The highest BCUT2D eigenvalue weighted by atomic mass is 35.5. The molecule has 0 radical (unpaired) electrons. The quantitative estimate of drug-likeness (QED) is 0.437. The molecule has 0 aliphatic heterocycles. The molecule has 0 saturated heterocycles. The van der Waals surface area contributed by atoms with Gasteiger partial charge >= 0.3 is 12.2 Å². The molecule has 1 heterocycles. The Morgan fingerprint density at radius 3 is 2.47 bits per heavy atom. The van der Waals surface area contributed by atoms with Gasteiger partial charge in [-0.25, -0.2) is 18.6 Å². The number of urea groups is 1. The maximum atomic E-state index is 14.1. The normalized spacial score (nSPS) is 13.7.